The molecule has 1 amide bonds. The van der Waals surface area contributed by atoms with Gasteiger partial charge in [-0.1, -0.05) is 0 Å². The van der Waals surface area contributed by atoms with Gasteiger partial charge in [0.1, 0.15) is 0 Å². The van der Waals surface area contributed by atoms with Gasteiger partial charge in [-0.25, -0.2) is 0 Å². The van der Waals surface area contributed by atoms with Crippen molar-refractivity contribution in [3.63, 3.8) is 0 Å². The fraction of sp³-hybridized carbons (Fsp3) is 0.500. The standard InChI is InChI=1S/C24H35N5O3.HI/c1-4-25-24(27-11-15-28-12-5-6-13-28)26-10-7-8-23(30)29-14-9-19-16-21(31-2)22(32-3)17-20(19)18-29;/h5-6,12-13,16-17H,4,7-11,14-15,18H2,1-3H3,(H2,25,26,27);1H. The molecule has 3 rings (SSSR count). The van der Waals surface area contributed by atoms with Crippen molar-refractivity contribution in [2.24, 2.45) is 4.99 Å². The average molecular weight is 569 g/mol. The molecule has 1 aliphatic heterocycles. The van der Waals surface area contributed by atoms with Crippen molar-refractivity contribution in [3.05, 3.63) is 47.8 Å². The van der Waals surface area contributed by atoms with Crippen LogP contribution in [0.2, 0.25) is 0 Å². The fourth-order valence-corrected chi connectivity index (χ4v) is 3.84. The lowest BCUT2D eigenvalue weighted by atomic mass is 9.98. The number of rotatable bonds is 10. The zero-order valence-corrected chi connectivity index (χ0v) is 22.1. The first kappa shape index (κ1) is 26.8. The van der Waals surface area contributed by atoms with E-state index in [1.165, 1.54) is 5.56 Å². The van der Waals surface area contributed by atoms with Crippen LogP contribution in [0.5, 0.6) is 11.5 Å². The largest absolute Gasteiger partial charge is 0.493 e. The minimum Gasteiger partial charge on any atom is -0.493 e. The number of amides is 1. The van der Waals surface area contributed by atoms with Gasteiger partial charge >= 0.3 is 0 Å². The highest BCUT2D eigenvalue weighted by Gasteiger charge is 2.22. The minimum atomic E-state index is 0. The van der Waals surface area contributed by atoms with E-state index in [2.05, 4.69) is 20.2 Å². The van der Waals surface area contributed by atoms with Crippen LogP contribution in [0.3, 0.4) is 0 Å². The summed E-state index contributed by atoms with van der Waals surface area (Å²) in [5.41, 5.74) is 2.35. The number of aromatic nitrogens is 1. The normalized spacial score (nSPS) is 13.1. The number of hydrogen-bond donors (Lipinski definition) is 2. The molecular formula is C24H36IN5O3. The number of nitrogens with one attached hydrogen (secondary N) is 2. The lowest BCUT2D eigenvalue weighted by Gasteiger charge is -2.29. The summed E-state index contributed by atoms with van der Waals surface area (Å²) in [6.45, 7) is 6.47. The number of fused-ring (bicyclic) bond motifs is 1. The summed E-state index contributed by atoms with van der Waals surface area (Å²) in [7, 11) is 3.28. The van der Waals surface area contributed by atoms with E-state index in [4.69, 9.17) is 9.47 Å². The van der Waals surface area contributed by atoms with E-state index in [-0.39, 0.29) is 29.9 Å². The molecule has 1 aromatic heterocycles. The molecule has 0 fully saturated rings. The summed E-state index contributed by atoms with van der Waals surface area (Å²) in [6.07, 6.45) is 6.14. The molecule has 0 radical (unpaired) electrons. The van der Waals surface area contributed by atoms with Gasteiger partial charge in [0.25, 0.3) is 0 Å². The number of guanidine groups is 1. The molecule has 182 valence electrons. The van der Waals surface area contributed by atoms with Gasteiger partial charge in [-0.2, -0.15) is 0 Å². The van der Waals surface area contributed by atoms with Crippen LogP contribution in [-0.4, -0.2) is 61.7 Å². The average Bonchev–Trinajstić information content (AvgIpc) is 3.33. The van der Waals surface area contributed by atoms with Crippen molar-refractivity contribution in [3.8, 4) is 11.5 Å². The van der Waals surface area contributed by atoms with Gasteiger partial charge in [0.15, 0.2) is 17.5 Å². The van der Waals surface area contributed by atoms with Crippen LogP contribution >= 0.6 is 24.0 Å². The Kier molecular flexibility index (Phi) is 11.4. The zero-order valence-electron chi connectivity index (χ0n) is 19.8. The molecular weight excluding hydrogens is 533 g/mol. The number of nitrogens with zero attached hydrogens (tertiary/aromatic N) is 3. The lowest BCUT2D eigenvalue weighted by molar-refractivity contribution is -0.132. The van der Waals surface area contributed by atoms with E-state index in [9.17, 15) is 4.79 Å². The Balaban J connectivity index is 0.00000385. The Labute approximate surface area is 213 Å². The summed E-state index contributed by atoms with van der Waals surface area (Å²) < 4.78 is 12.9. The van der Waals surface area contributed by atoms with E-state index in [1.807, 2.05) is 48.5 Å². The van der Waals surface area contributed by atoms with Gasteiger partial charge in [0, 0.05) is 58.1 Å². The Morgan fingerprint density at radius 3 is 2.45 bits per heavy atom. The number of carbonyl (C=O) groups is 1. The highest BCUT2D eigenvalue weighted by Crippen LogP contribution is 2.33. The number of carbonyl (C=O) groups excluding carboxylic acids is 1. The van der Waals surface area contributed by atoms with Crippen molar-refractivity contribution in [2.75, 3.05) is 40.4 Å². The maximum Gasteiger partial charge on any atom is 0.222 e. The number of benzene rings is 1. The molecule has 0 bridgehead atoms. The molecule has 0 aliphatic carbocycles. The highest BCUT2D eigenvalue weighted by molar-refractivity contribution is 14.0. The second-order valence-electron chi connectivity index (χ2n) is 7.75. The van der Waals surface area contributed by atoms with Crippen LogP contribution in [0.1, 0.15) is 30.9 Å². The number of hydrogen-bond acceptors (Lipinski definition) is 4. The van der Waals surface area contributed by atoms with Crippen molar-refractivity contribution < 1.29 is 14.3 Å². The Morgan fingerprint density at radius 1 is 1.09 bits per heavy atom. The van der Waals surface area contributed by atoms with Crippen LogP contribution in [0, 0.1) is 0 Å². The zero-order chi connectivity index (χ0) is 22.8. The quantitative estimate of drug-likeness (QED) is 0.199. The second kappa shape index (κ2) is 14.0. The van der Waals surface area contributed by atoms with Gasteiger partial charge in [-0.05, 0) is 55.2 Å². The summed E-state index contributed by atoms with van der Waals surface area (Å²) in [5, 5.41) is 6.60. The number of aliphatic imine (C=N–C) groups is 1. The molecule has 1 aromatic carbocycles. The maximum atomic E-state index is 12.7. The molecule has 33 heavy (non-hydrogen) atoms. The smallest absolute Gasteiger partial charge is 0.222 e. The predicted molar refractivity (Wildman–Crippen MR) is 142 cm³/mol. The fourth-order valence-electron chi connectivity index (χ4n) is 3.84. The van der Waals surface area contributed by atoms with Gasteiger partial charge in [0.2, 0.25) is 5.91 Å². The number of ether oxygens (including phenoxy) is 2. The van der Waals surface area contributed by atoms with Crippen LogP contribution in [0.15, 0.2) is 41.7 Å². The first-order valence-corrected chi connectivity index (χ1v) is 11.3. The SMILES string of the molecule is CCNC(=NCCCC(=O)N1CCc2cc(OC)c(OC)cc2C1)NCCn1cccc1.I. The maximum absolute atomic E-state index is 12.7. The topological polar surface area (TPSA) is 80.1 Å². The third-order valence-corrected chi connectivity index (χ3v) is 5.56. The van der Waals surface area contributed by atoms with Crippen LogP contribution in [0.4, 0.5) is 0 Å². The summed E-state index contributed by atoms with van der Waals surface area (Å²) in [4.78, 5) is 19.3. The van der Waals surface area contributed by atoms with E-state index >= 15 is 0 Å². The van der Waals surface area contributed by atoms with E-state index in [0.29, 0.717) is 25.3 Å². The molecule has 9 heteroatoms. The lowest BCUT2D eigenvalue weighted by Crippen LogP contribution is -2.39. The van der Waals surface area contributed by atoms with E-state index < -0.39 is 0 Å². The molecule has 0 unspecified atom stereocenters. The van der Waals surface area contributed by atoms with E-state index in [1.54, 1.807) is 14.2 Å². The molecule has 0 saturated carbocycles. The molecule has 0 atom stereocenters. The van der Waals surface area contributed by atoms with Gasteiger partial charge in [-0.3, -0.25) is 9.79 Å². The Bertz CT molecular complexity index is 902. The van der Waals surface area contributed by atoms with Crippen molar-refractivity contribution in [1.29, 1.82) is 0 Å². The first-order chi connectivity index (χ1) is 15.6. The summed E-state index contributed by atoms with van der Waals surface area (Å²) in [6, 6.07) is 8.05. The second-order valence-corrected chi connectivity index (χ2v) is 7.75. The first-order valence-electron chi connectivity index (χ1n) is 11.3. The summed E-state index contributed by atoms with van der Waals surface area (Å²) in [5.74, 6) is 2.41. The van der Waals surface area contributed by atoms with Crippen LogP contribution in [-0.2, 0) is 24.3 Å². The van der Waals surface area contributed by atoms with Gasteiger partial charge < -0.3 is 29.6 Å². The molecule has 2 aromatic rings. The molecule has 2 N–H and O–H groups in total. The molecule has 0 spiro atoms. The number of halogens is 1. The van der Waals surface area contributed by atoms with Crippen molar-refractivity contribution in [2.45, 2.75) is 39.3 Å². The Morgan fingerprint density at radius 2 is 1.79 bits per heavy atom. The molecule has 0 saturated heterocycles. The van der Waals surface area contributed by atoms with Crippen LogP contribution in [0.25, 0.3) is 0 Å². The van der Waals surface area contributed by atoms with Gasteiger partial charge in [-0.15, -0.1) is 24.0 Å². The summed E-state index contributed by atoms with van der Waals surface area (Å²) >= 11 is 0. The number of methoxy groups -OCH3 is 2. The third kappa shape index (κ3) is 7.83. The molecule has 8 nitrogen and oxygen atoms in total. The third-order valence-electron chi connectivity index (χ3n) is 5.56. The van der Waals surface area contributed by atoms with Crippen molar-refractivity contribution >= 4 is 35.8 Å². The highest BCUT2D eigenvalue weighted by atomic mass is 127. The Hall–Kier alpha value is -2.43. The molecule has 2 heterocycles. The van der Waals surface area contributed by atoms with Crippen molar-refractivity contribution in [1.82, 2.24) is 20.1 Å². The van der Waals surface area contributed by atoms with E-state index in [0.717, 1.165) is 56.3 Å². The van der Waals surface area contributed by atoms with Crippen LogP contribution < -0.4 is 20.1 Å². The molecule has 1 aliphatic rings. The predicted octanol–water partition coefficient (Wildman–Crippen LogP) is 3.04. The minimum absolute atomic E-state index is 0. The monoisotopic (exact) mass is 569 g/mol. The van der Waals surface area contributed by atoms with Gasteiger partial charge in [0.05, 0.1) is 14.2 Å².